The van der Waals surface area contributed by atoms with Crippen LogP contribution in [0.25, 0.3) is 5.57 Å². The predicted octanol–water partition coefficient (Wildman–Crippen LogP) is 2.84. The van der Waals surface area contributed by atoms with Gasteiger partial charge in [-0.15, -0.1) is 0 Å². The number of Topliss-reactive ketones (excluding diaryl/α,β-unsaturated/α-hetero) is 1. The average Bonchev–Trinajstić information content (AvgIpc) is 3.43. The Morgan fingerprint density at radius 3 is 2.58 bits per heavy atom. The van der Waals surface area contributed by atoms with Crippen LogP contribution in [-0.4, -0.2) is 61.4 Å². The monoisotopic (exact) mass is 457 g/mol. The number of fused-ring (bicyclic) bond motifs is 3. The smallest absolute Gasteiger partial charge is 0.454 e. The number of methoxy groups -OCH3 is 1. The number of rotatable bonds is 2. The molecule has 0 aromatic heterocycles. The molecule has 0 unspecified atom stereocenters. The first-order valence-electron chi connectivity index (χ1n) is 11.1. The molecule has 176 valence electrons. The third kappa shape index (κ3) is 3.20. The zero-order valence-corrected chi connectivity index (χ0v) is 19.2. The summed E-state index contributed by atoms with van der Waals surface area (Å²) in [5, 5.41) is 0. The molecule has 5 rings (SSSR count). The highest BCUT2D eigenvalue weighted by atomic mass is 16.7. The molecule has 1 saturated heterocycles. The van der Waals surface area contributed by atoms with Crippen molar-refractivity contribution in [2.24, 2.45) is 5.41 Å². The Morgan fingerprint density at radius 1 is 1.15 bits per heavy atom. The summed E-state index contributed by atoms with van der Waals surface area (Å²) in [5.41, 5.74) is 0.503. The van der Waals surface area contributed by atoms with E-state index in [0.29, 0.717) is 36.5 Å². The molecule has 0 bridgehead atoms. The highest BCUT2D eigenvalue weighted by Gasteiger charge is 2.63. The molecule has 1 fully saturated rings. The van der Waals surface area contributed by atoms with E-state index in [1.54, 1.807) is 20.8 Å². The summed E-state index contributed by atoms with van der Waals surface area (Å²) < 4.78 is 27.3. The number of ketones is 1. The van der Waals surface area contributed by atoms with Gasteiger partial charge in [-0.1, -0.05) is 0 Å². The van der Waals surface area contributed by atoms with Crippen molar-refractivity contribution in [2.75, 3.05) is 27.0 Å². The van der Waals surface area contributed by atoms with Crippen LogP contribution in [0.2, 0.25) is 0 Å². The highest BCUT2D eigenvalue weighted by molar-refractivity contribution is 6.14. The van der Waals surface area contributed by atoms with E-state index in [1.165, 1.54) is 7.11 Å². The van der Waals surface area contributed by atoms with Crippen LogP contribution in [0.5, 0.6) is 11.5 Å². The van der Waals surface area contributed by atoms with Crippen molar-refractivity contribution in [3.8, 4) is 11.5 Å². The standard InChI is InChI=1S/C24H27NO8/c1-23(2,3)21(27)32-19-17-14-11-16-15(30-12-31-16)10-13(14)6-9-25-8-5-7-24(17,25)20(18(19)26)33-22(28)29-4/h10-11,20H,5-9,12H2,1-4H3/t20-,24-/m1/s1. The molecular formula is C24H27NO8. The quantitative estimate of drug-likeness (QED) is 0.621. The lowest BCUT2D eigenvalue weighted by molar-refractivity contribution is -0.151. The Kier molecular flexibility index (Phi) is 4.93. The lowest BCUT2D eigenvalue weighted by Crippen LogP contribution is -2.54. The lowest BCUT2D eigenvalue weighted by Gasteiger charge is -2.39. The molecule has 1 aliphatic carbocycles. The van der Waals surface area contributed by atoms with Crippen molar-refractivity contribution in [1.29, 1.82) is 0 Å². The first-order valence-corrected chi connectivity index (χ1v) is 11.1. The molecule has 0 radical (unpaired) electrons. The minimum atomic E-state index is -1.18. The largest absolute Gasteiger partial charge is 0.508 e. The SMILES string of the molecule is COC(=O)O[C@@H]1C(=O)C(OC(=O)C(C)(C)C)=C2c3cc4c(cc3CCN3CCC[C@@]213)OCO4. The number of carbonyl (C=O) groups excluding carboxylic acids is 3. The highest BCUT2D eigenvalue weighted by Crippen LogP contribution is 2.55. The van der Waals surface area contributed by atoms with Crippen molar-refractivity contribution in [1.82, 2.24) is 4.90 Å². The van der Waals surface area contributed by atoms with Gasteiger partial charge in [0.25, 0.3) is 0 Å². The van der Waals surface area contributed by atoms with Gasteiger partial charge in [0, 0.05) is 12.1 Å². The fourth-order valence-corrected chi connectivity index (χ4v) is 5.25. The summed E-state index contributed by atoms with van der Waals surface area (Å²) in [6.45, 7) is 6.65. The van der Waals surface area contributed by atoms with E-state index in [4.69, 9.17) is 23.7 Å². The van der Waals surface area contributed by atoms with Crippen molar-refractivity contribution in [3.05, 3.63) is 29.0 Å². The van der Waals surface area contributed by atoms with Gasteiger partial charge in [0.2, 0.25) is 12.6 Å². The second-order valence-corrected chi connectivity index (χ2v) is 9.79. The number of benzene rings is 1. The topological polar surface area (TPSA) is 101 Å². The Labute approximate surface area is 191 Å². The predicted molar refractivity (Wildman–Crippen MR) is 115 cm³/mol. The third-order valence-corrected chi connectivity index (χ3v) is 6.81. The van der Waals surface area contributed by atoms with E-state index in [9.17, 15) is 14.4 Å². The Hall–Kier alpha value is -3.07. The summed E-state index contributed by atoms with van der Waals surface area (Å²) in [6.07, 6.45) is -0.0658. The van der Waals surface area contributed by atoms with Gasteiger partial charge < -0.3 is 23.7 Å². The van der Waals surface area contributed by atoms with Gasteiger partial charge in [-0.3, -0.25) is 14.5 Å². The van der Waals surface area contributed by atoms with E-state index in [-0.39, 0.29) is 12.6 Å². The maximum absolute atomic E-state index is 13.7. The Balaban J connectivity index is 1.74. The molecular weight excluding hydrogens is 430 g/mol. The van der Waals surface area contributed by atoms with Crippen LogP contribution in [-0.2, 0) is 30.2 Å². The van der Waals surface area contributed by atoms with E-state index in [1.807, 2.05) is 12.1 Å². The molecule has 3 aliphatic heterocycles. The second-order valence-electron chi connectivity index (χ2n) is 9.79. The third-order valence-electron chi connectivity index (χ3n) is 6.81. The molecule has 1 aromatic carbocycles. The van der Waals surface area contributed by atoms with Crippen LogP contribution in [0.3, 0.4) is 0 Å². The van der Waals surface area contributed by atoms with Gasteiger partial charge in [-0.2, -0.15) is 0 Å². The number of nitrogens with zero attached hydrogens (tertiary/aromatic N) is 1. The van der Waals surface area contributed by atoms with Gasteiger partial charge in [-0.25, -0.2) is 4.79 Å². The number of carbonyl (C=O) groups is 3. The lowest BCUT2D eigenvalue weighted by atomic mass is 9.82. The molecule has 33 heavy (non-hydrogen) atoms. The minimum Gasteiger partial charge on any atom is -0.454 e. The summed E-state index contributed by atoms with van der Waals surface area (Å²) >= 11 is 0. The first kappa shape index (κ1) is 21.8. The van der Waals surface area contributed by atoms with E-state index < -0.39 is 35.0 Å². The zero-order chi connectivity index (χ0) is 23.5. The van der Waals surface area contributed by atoms with E-state index in [0.717, 1.165) is 24.1 Å². The van der Waals surface area contributed by atoms with E-state index >= 15 is 0 Å². The van der Waals surface area contributed by atoms with Gasteiger partial charge in [-0.05, 0) is 69.8 Å². The van der Waals surface area contributed by atoms with Crippen molar-refractivity contribution < 1.29 is 38.1 Å². The van der Waals surface area contributed by atoms with Crippen molar-refractivity contribution >= 4 is 23.5 Å². The maximum Gasteiger partial charge on any atom is 0.508 e. The Morgan fingerprint density at radius 2 is 1.88 bits per heavy atom. The zero-order valence-electron chi connectivity index (χ0n) is 19.2. The van der Waals surface area contributed by atoms with Gasteiger partial charge >= 0.3 is 12.1 Å². The summed E-state index contributed by atoms with van der Waals surface area (Å²) in [5.74, 6) is 0.0611. The molecule has 0 saturated carbocycles. The second kappa shape index (κ2) is 7.48. The molecule has 0 amide bonds. The van der Waals surface area contributed by atoms with Crippen LogP contribution in [0.4, 0.5) is 4.79 Å². The van der Waals surface area contributed by atoms with Gasteiger partial charge in [0.05, 0.1) is 18.1 Å². The molecule has 4 aliphatic rings. The van der Waals surface area contributed by atoms with E-state index in [2.05, 4.69) is 4.90 Å². The van der Waals surface area contributed by atoms with Crippen LogP contribution in [0.15, 0.2) is 17.9 Å². The molecule has 3 heterocycles. The minimum absolute atomic E-state index is 0.0715. The molecule has 1 aromatic rings. The van der Waals surface area contributed by atoms with Crippen molar-refractivity contribution in [2.45, 2.75) is 51.7 Å². The fourth-order valence-electron chi connectivity index (χ4n) is 5.25. The number of hydrogen-bond acceptors (Lipinski definition) is 9. The molecule has 9 nitrogen and oxygen atoms in total. The molecule has 0 N–H and O–H groups in total. The normalized spacial score (nSPS) is 25.8. The number of ether oxygens (including phenoxy) is 5. The molecule has 2 atom stereocenters. The van der Waals surface area contributed by atoms with Crippen LogP contribution in [0.1, 0.15) is 44.7 Å². The number of esters is 1. The average molecular weight is 457 g/mol. The first-order chi connectivity index (χ1) is 15.7. The van der Waals surface area contributed by atoms with Gasteiger partial charge in [0.1, 0.15) is 0 Å². The fraction of sp³-hybridized carbons (Fsp3) is 0.542. The summed E-state index contributed by atoms with van der Waals surface area (Å²) in [4.78, 5) is 41.0. The van der Waals surface area contributed by atoms with Crippen LogP contribution < -0.4 is 9.47 Å². The van der Waals surface area contributed by atoms with Crippen LogP contribution >= 0.6 is 0 Å². The van der Waals surface area contributed by atoms with Crippen LogP contribution in [0, 0.1) is 5.41 Å². The maximum atomic E-state index is 13.7. The summed E-state index contributed by atoms with van der Waals surface area (Å²) in [7, 11) is 1.20. The Bertz CT molecular complexity index is 1080. The number of hydrogen-bond donors (Lipinski definition) is 0. The van der Waals surface area contributed by atoms with Gasteiger partial charge in [0.15, 0.2) is 23.4 Å². The molecule has 9 heteroatoms. The summed E-state index contributed by atoms with van der Waals surface area (Å²) in [6, 6.07) is 3.76. The van der Waals surface area contributed by atoms with Crippen molar-refractivity contribution in [3.63, 3.8) is 0 Å². The molecule has 1 spiro atoms.